The Bertz CT molecular complexity index is 616. The molecular formula is C15H11F3O2. The maximum Gasteiger partial charge on any atom is 0.416 e. The largest absolute Gasteiger partial charge is 0.508 e. The number of benzene rings is 2. The fourth-order valence-electron chi connectivity index (χ4n) is 1.77. The van der Waals surface area contributed by atoms with Gasteiger partial charge in [0.1, 0.15) is 5.75 Å². The molecule has 0 unspecified atom stereocenters. The zero-order chi connectivity index (χ0) is 14.8. The van der Waals surface area contributed by atoms with Gasteiger partial charge in [0, 0.05) is 12.0 Å². The van der Waals surface area contributed by atoms with Crippen LogP contribution in [0.2, 0.25) is 0 Å². The number of ketones is 1. The summed E-state index contributed by atoms with van der Waals surface area (Å²) in [5.74, 6) is -0.331. The Kier molecular flexibility index (Phi) is 3.79. The van der Waals surface area contributed by atoms with Crippen LogP contribution in [0.4, 0.5) is 13.2 Å². The molecule has 0 atom stereocenters. The summed E-state index contributed by atoms with van der Waals surface area (Å²) < 4.78 is 37.7. The average Bonchev–Trinajstić information content (AvgIpc) is 2.40. The molecule has 0 fully saturated rings. The maximum absolute atomic E-state index is 12.6. The van der Waals surface area contributed by atoms with Gasteiger partial charge in [0.25, 0.3) is 0 Å². The van der Waals surface area contributed by atoms with Crippen molar-refractivity contribution in [2.24, 2.45) is 0 Å². The van der Waals surface area contributed by atoms with Crippen molar-refractivity contribution in [2.45, 2.75) is 12.6 Å². The van der Waals surface area contributed by atoms with Gasteiger partial charge in [-0.2, -0.15) is 13.2 Å². The highest BCUT2D eigenvalue weighted by atomic mass is 19.4. The third kappa shape index (κ3) is 3.38. The lowest BCUT2D eigenvalue weighted by atomic mass is 10.0. The zero-order valence-electron chi connectivity index (χ0n) is 10.3. The van der Waals surface area contributed by atoms with Crippen molar-refractivity contribution < 1.29 is 23.1 Å². The van der Waals surface area contributed by atoms with Crippen molar-refractivity contribution in [3.63, 3.8) is 0 Å². The van der Waals surface area contributed by atoms with Crippen molar-refractivity contribution in [1.29, 1.82) is 0 Å². The van der Waals surface area contributed by atoms with Crippen LogP contribution in [0, 0.1) is 0 Å². The van der Waals surface area contributed by atoms with E-state index in [0.29, 0.717) is 5.56 Å². The topological polar surface area (TPSA) is 37.3 Å². The quantitative estimate of drug-likeness (QED) is 0.867. The number of carbonyl (C=O) groups excluding carboxylic acids is 1. The predicted octanol–water partition coefficient (Wildman–Crippen LogP) is 3.84. The average molecular weight is 280 g/mol. The van der Waals surface area contributed by atoms with E-state index in [0.717, 1.165) is 12.1 Å². The zero-order valence-corrected chi connectivity index (χ0v) is 10.3. The molecule has 2 aromatic rings. The lowest BCUT2D eigenvalue weighted by molar-refractivity contribution is -0.137. The summed E-state index contributed by atoms with van der Waals surface area (Å²) in [5.41, 5.74) is -0.188. The number of alkyl halides is 3. The van der Waals surface area contributed by atoms with Gasteiger partial charge in [-0.25, -0.2) is 0 Å². The van der Waals surface area contributed by atoms with Crippen LogP contribution in [-0.2, 0) is 12.6 Å². The van der Waals surface area contributed by atoms with Gasteiger partial charge in [-0.1, -0.05) is 24.3 Å². The minimum absolute atomic E-state index is 0.0123. The molecule has 1 N–H and O–H groups in total. The van der Waals surface area contributed by atoms with Crippen molar-refractivity contribution in [3.8, 4) is 5.75 Å². The first-order valence-electron chi connectivity index (χ1n) is 5.84. The molecule has 0 bridgehead atoms. The van der Waals surface area contributed by atoms with E-state index < -0.39 is 17.5 Å². The molecule has 0 amide bonds. The summed E-state index contributed by atoms with van der Waals surface area (Å²) in [5, 5.41) is 9.12. The Balaban J connectivity index is 2.19. The van der Waals surface area contributed by atoms with Crippen LogP contribution in [0.5, 0.6) is 5.75 Å². The van der Waals surface area contributed by atoms with E-state index in [2.05, 4.69) is 0 Å². The Labute approximate surface area is 113 Å². The Hall–Kier alpha value is -2.30. The van der Waals surface area contributed by atoms with E-state index in [9.17, 15) is 18.0 Å². The van der Waals surface area contributed by atoms with Gasteiger partial charge < -0.3 is 5.11 Å². The standard InChI is InChI=1S/C15H11F3O2/c16-15(17,18)12-3-1-2-11(9-12)14(20)8-10-4-6-13(19)7-5-10/h1-7,9,19H,8H2. The highest BCUT2D eigenvalue weighted by molar-refractivity contribution is 5.97. The van der Waals surface area contributed by atoms with Crippen molar-refractivity contribution >= 4 is 5.78 Å². The first kappa shape index (κ1) is 14.1. The van der Waals surface area contributed by atoms with Crippen LogP contribution < -0.4 is 0 Å². The molecule has 2 rings (SSSR count). The SMILES string of the molecule is O=C(Cc1ccc(O)cc1)c1cccc(C(F)(F)F)c1. The fraction of sp³-hybridized carbons (Fsp3) is 0.133. The number of aromatic hydroxyl groups is 1. The number of halogens is 3. The number of carbonyl (C=O) groups is 1. The van der Waals surface area contributed by atoms with Gasteiger partial charge in [0.15, 0.2) is 5.78 Å². The summed E-state index contributed by atoms with van der Waals surface area (Å²) >= 11 is 0. The van der Waals surface area contributed by atoms with E-state index in [1.165, 1.54) is 24.3 Å². The van der Waals surface area contributed by atoms with Crippen molar-refractivity contribution in [2.75, 3.05) is 0 Å². The summed E-state index contributed by atoms with van der Waals surface area (Å²) in [6, 6.07) is 10.3. The van der Waals surface area contributed by atoms with E-state index >= 15 is 0 Å². The number of hydrogen-bond donors (Lipinski definition) is 1. The summed E-state index contributed by atoms with van der Waals surface area (Å²) in [7, 11) is 0. The second-order valence-electron chi connectivity index (χ2n) is 4.34. The minimum atomic E-state index is -4.46. The third-order valence-corrected chi connectivity index (χ3v) is 2.81. The first-order chi connectivity index (χ1) is 9.36. The monoisotopic (exact) mass is 280 g/mol. The lowest BCUT2D eigenvalue weighted by Gasteiger charge is -2.08. The number of phenols is 1. The molecule has 2 aromatic carbocycles. The van der Waals surface area contributed by atoms with Gasteiger partial charge in [-0.05, 0) is 29.8 Å². The molecule has 2 nitrogen and oxygen atoms in total. The highest BCUT2D eigenvalue weighted by Gasteiger charge is 2.30. The molecule has 0 radical (unpaired) electrons. The van der Waals surface area contributed by atoms with Crippen LogP contribution in [-0.4, -0.2) is 10.9 Å². The molecular weight excluding hydrogens is 269 g/mol. The van der Waals surface area contributed by atoms with Gasteiger partial charge >= 0.3 is 6.18 Å². The highest BCUT2D eigenvalue weighted by Crippen LogP contribution is 2.29. The van der Waals surface area contributed by atoms with Crippen LogP contribution in [0.3, 0.4) is 0 Å². The number of Topliss-reactive ketones (excluding diaryl/α,β-unsaturated/α-hetero) is 1. The number of rotatable bonds is 3. The van der Waals surface area contributed by atoms with Crippen molar-refractivity contribution in [1.82, 2.24) is 0 Å². The fourth-order valence-corrected chi connectivity index (χ4v) is 1.77. The third-order valence-electron chi connectivity index (χ3n) is 2.81. The molecule has 0 aliphatic carbocycles. The summed E-state index contributed by atoms with van der Waals surface area (Å²) in [4.78, 5) is 11.9. The molecule has 20 heavy (non-hydrogen) atoms. The normalized spacial score (nSPS) is 11.3. The van der Waals surface area contributed by atoms with Crippen molar-refractivity contribution in [3.05, 3.63) is 65.2 Å². The molecule has 5 heteroatoms. The van der Waals surface area contributed by atoms with Crippen LogP contribution in [0.15, 0.2) is 48.5 Å². The Morgan fingerprint density at radius 1 is 1.05 bits per heavy atom. The predicted molar refractivity (Wildman–Crippen MR) is 67.6 cm³/mol. The van der Waals surface area contributed by atoms with Crippen LogP contribution in [0.25, 0.3) is 0 Å². The van der Waals surface area contributed by atoms with Crippen LogP contribution in [0.1, 0.15) is 21.5 Å². The van der Waals surface area contributed by atoms with E-state index in [-0.39, 0.29) is 17.7 Å². The smallest absolute Gasteiger partial charge is 0.416 e. The Morgan fingerprint density at radius 2 is 1.70 bits per heavy atom. The number of hydrogen-bond acceptors (Lipinski definition) is 2. The molecule has 104 valence electrons. The maximum atomic E-state index is 12.6. The molecule has 0 saturated carbocycles. The molecule has 0 aliphatic heterocycles. The van der Waals surface area contributed by atoms with E-state index in [4.69, 9.17) is 5.11 Å². The lowest BCUT2D eigenvalue weighted by Crippen LogP contribution is -2.08. The summed E-state index contributed by atoms with van der Waals surface area (Å²) in [6.45, 7) is 0. The van der Waals surface area contributed by atoms with E-state index in [1.54, 1.807) is 12.1 Å². The molecule has 0 spiro atoms. The van der Waals surface area contributed by atoms with Gasteiger partial charge in [0.2, 0.25) is 0 Å². The van der Waals surface area contributed by atoms with Gasteiger partial charge in [0.05, 0.1) is 5.56 Å². The van der Waals surface area contributed by atoms with Gasteiger partial charge in [-0.15, -0.1) is 0 Å². The second kappa shape index (κ2) is 5.36. The first-order valence-corrected chi connectivity index (χ1v) is 5.84. The summed E-state index contributed by atoms with van der Waals surface area (Å²) in [6.07, 6.45) is -4.48. The molecule has 0 heterocycles. The van der Waals surface area contributed by atoms with Gasteiger partial charge in [-0.3, -0.25) is 4.79 Å². The van der Waals surface area contributed by atoms with Crippen LogP contribution >= 0.6 is 0 Å². The molecule has 0 saturated heterocycles. The molecule has 0 aromatic heterocycles. The second-order valence-corrected chi connectivity index (χ2v) is 4.34. The van der Waals surface area contributed by atoms with E-state index in [1.807, 2.05) is 0 Å². The number of phenolic OH excluding ortho intramolecular Hbond substituents is 1. The molecule has 0 aliphatic rings. The minimum Gasteiger partial charge on any atom is -0.508 e. The Morgan fingerprint density at radius 3 is 2.30 bits per heavy atom.